The predicted octanol–water partition coefficient (Wildman–Crippen LogP) is 2.96. The summed E-state index contributed by atoms with van der Waals surface area (Å²) in [4.78, 5) is 18.5. The lowest BCUT2D eigenvalue weighted by Crippen LogP contribution is -2.12. The normalized spacial score (nSPS) is 11.1. The number of H-pyrrole nitrogens is 1. The van der Waals surface area contributed by atoms with E-state index in [4.69, 9.17) is 9.47 Å². The smallest absolute Gasteiger partial charge is 0.252 e. The van der Waals surface area contributed by atoms with Crippen LogP contribution in [0.3, 0.4) is 0 Å². The van der Waals surface area contributed by atoms with Gasteiger partial charge in [-0.1, -0.05) is 13.3 Å². The number of ether oxygens (including phenoxy) is 2. The maximum absolute atomic E-state index is 11.6. The molecule has 1 aromatic heterocycles. The molecule has 0 aliphatic heterocycles. The summed E-state index contributed by atoms with van der Waals surface area (Å²) in [7, 11) is 1.59. The van der Waals surface area contributed by atoms with Crippen LogP contribution in [-0.2, 0) is 6.42 Å². The highest BCUT2D eigenvalue weighted by Gasteiger charge is 2.06. The van der Waals surface area contributed by atoms with Gasteiger partial charge in [0.1, 0.15) is 0 Å². The zero-order valence-corrected chi connectivity index (χ0v) is 15.0. The fraction of sp³-hybridized carbons (Fsp3) is 0.389. The van der Waals surface area contributed by atoms with Crippen LogP contribution in [-0.4, -0.2) is 29.4 Å². The lowest BCUT2D eigenvalue weighted by atomic mass is 10.2. The number of aromatic amines is 1. The number of nitrogens with zero attached hydrogens (tertiary/aromatic N) is 2. The van der Waals surface area contributed by atoms with Crippen molar-refractivity contribution < 1.29 is 9.47 Å². The van der Waals surface area contributed by atoms with Gasteiger partial charge in [-0.3, -0.25) is 9.78 Å². The number of hydrogen-bond donors (Lipinski definition) is 2. The van der Waals surface area contributed by atoms with Gasteiger partial charge in [-0.2, -0.15) is 5.10 Å². The summed E-state index contributed by atoms with van der Waals surface area (Å²) in [6.45, 7) is 5.95. The van der Waals surface area contributed by atoms with Crippen molar-refractivity contribution in [3.8, 4) is 11.5 Å². The highest BCUT2D eigenvalue weighted by molar-refractivity contribution is 5.81. The number of nitrogens with one attached hydrogen (secondary N) is 2. The van der Waals surface area contributed by atoms with Crippen molar-refractivity contribution in [3.63, 3.8) is 0 Å². The molecular formula is C18H24N4O3. The molecule has 0 amide bonds. The van der Waals surface area contributed by atoms with Crippen LogP contribution in [0, 0.1) is 0 Å². The summed E-state index contributed by atoms with van der Waals surface area (Å²) >= 11 is 0. The second kappa shape index (κ2) is 8.86. The van der Waals surface area contributed by atoms with E-state index in [1.807, 2.05) is 39.0 Å². The standard InChI is InChI=1S/C18H24N4O3/c1-5-6-14-10-17(23)21-18(20-14)22-19-11-13-7-8-15(25-12(2)3)16(9-13)24-4/h7-12H,5-6H2,1-4H3,(H2,20,21,22,23). The molecule has 1 aromatic carbocycles. The van der Waals surface area contributed by atoms with Crippen LogP contribution in [0.5, 0.6) is 11.5 Å². The molecule has 2 rings (SSSR count). The third-order valence-electron chi connectivity index (χ3n) is 3.24. The monoisotopic (exact) mass is 344 g/mol. The van der Waals surface area contributed by atoms with Gasteiger partial charge in [-0.15, -0.1) is 0 Å². The minimum atomic E-state index is -0.201. The van der Waals surface area contributed by atoms with Gasteiger partial charge in [-0.05, 0) is 44.0 Å². The molecule has 134 valence electrons. The van der Waals surface area contributed by atoms with Crippen LogP contribution in [0.4, 0.5) is 5.95 Å². The van der Waals surface area contributed by atoms with E-state index in [1.165, 1.54) is 6.07 Å². The number of rotatable bonds is 8. The molecule has 0 bridgehead atoms. The van der Waals surface area contributed by atoms with E-state index >= 15 is 0 Å². The Bertz CT molecular complexity index is 784. The summed E-state index contributed by atoms with van der Waals surface area (Å²) in [5.74, 6) is 1.63. The van der Waals surface area contributed by atoms with Crippen LogP contribution >= 0.6 is 0 Å². The predicted molar refractivity (Wildman–Crippen MR) is 98.8 cm³/mol. The molecule has 0 radical (unpaired) electrons. The third-order valence-corrected chi connectivity index (χ3v) is 3.24. The van der Waals surface area contributed by atoms with E-state index in [9.17, 15) is 4.79 Å². The van der Waals surface area contributed by atoms with Crippen LogP contribution < -0.4 is 20.5 Å². The highest BCUT2D eigenvalue weighted by Crippen LogP contribution is 2.28. The highest BCUT2D eigenvalue weighted by atomic mass is 16.5. The first-order valence-corrected chi connectivity index (χ1v) is 8.25. The lowest BCUT2D eigenvalue weighted by molar-refractivity contribution is 0.230. The Morgan fingerprint density at radius 2 is 2.12 bits per heavy atom. The summed E-state index contributed by atoms with van der Waals surface area (Å²) in [5.41, 5.74) is 4.11. The maximum Gasteiger partial charge on any atom is 0.252 e. The van der Waals surface area contributed by atoms with Crippen LogP contribution in [0.25, 0.3) is 0 Å². The van der Waals surface area contributed by atoms with Crippen molar-refractivity contribution >= 4 is 12.2 Å². The number of benzene rings is 1. The Morgan fingerprint density at radius 3 is 2.80 bits per heavy atom. The van der Waals surface area contributed by atoms with Crippen molar-refractivity contribution in [2.24, 2.45) is 5.10 Å². The molecule has 1 heterocycles. The second-order valence-electron chi connectivity index (χ2n) is 5.78. The summed E-state index contributed by atoms with van der Waals surface area (Å²) < 4.78 is 11.0. The van der Waals surface area contributed by atoms with Crippen LogP contribution in [0.2, 0.25) is 0 Å². The van der Waals surface area contributed by atoms with Gasteiger partial charge in [0.05, 0.1) is 19.4 Å². The average Bonchev–Trinajstić information content (AvgIpc) is 2.55. The molecule has 0 fully saturated rings. The minimum absolute atomic E-state index is 0.0633. The minimum Gasteiger partial charge on any atom is -0.493 e. The number of aryl methyl sites for hydroxylation is 1. The number of aromatic nitrogens is 2. The van der Waals surface area contributed by atoms with E-state index in [1.54, 1.807) is 13.3 Å². The summed E-state index contributed by atoms with van der Waals surface area (Å²) in [6, 6.07) is 7.03. The van der Waals surface area contributed by atoms with Crippen molar-refractivity contribution in [2.45, 2.75) is 39.7 Å². The topological polar surface area (TPSA) is 88.6 Å². The van der Waals surface area contributed by atoms with Gasteiger partial charge >= 0.3 is 0 Å². The molecule has 0 saturated carbocycles. The van der Waals surface area contributed by atoms with Crippen molar-refractivity contribution in [1.29, 1.82) is 0 Å². The third kappa shape index (κ3) is 5.63. The molecule has 0 aliphatic carbocycles. The van der Waals surface area contributed by atoms with Gasteiger partial charge in [-0.25, -0.2) is 10.4 Å². The fourth-order valence-corrected chi connectivity index (χ4v) is 2.23. The van der Waals surface area contributed by atoms with Crippen LogP contribution in [0.15, 0.2) is 34.2 Å². The largest absolute Gasteiger partial charge is 0.493 e. The Kier molecular flexibility index (Phi) is 6.56. The number of anilines is 1. The Hall–Kier alpha value is -2.83. The van der Waals surface area contributed by atoms with Gasteiger partial charge in [0, 0.05) is 11.8 Å². The first kappa shape index (κ1) is 18.5. The Morgan fingerprint density at radius 1 is 1.32 bits per heavy atom. The van der Waals surface area contributed by atoms with Crippen molar-refractivity contribution in [1.82, 2.24) is 9.97 Å². The van der Waals surface area contributed by atoms with E-state index in [0.717, 1.165) is 24.1 Å². The number of methoxy groups -OCH3 is 1. The van der Waals surface area contributed by atoms with E-state index in [0.29, 0.717) is 17.4 Å². The van der Waals surface area contributed by atoms with Gasteiger partial charge in [0.25, 0.3) is 5.56 Å². The molecule has 0 spiro atoms. The quantitative estimate of drug-likeness (QED) is 0.568. The maximum atomic E-state index is 11.6. The van der Waals surface area contributed by atoms with Crippen molar-refractivity contribution in [3.05, 3.63) is 45.9 Å². The Labute approximate surface area is 147 Å². The molecule has 7 heteroatoms. The van der Waals surface area contributed by atoms with Gasteiger partial charge < -0.3 is 9.47 Å². The molecule has 0 atom stereocenters. The lowest BCUT2D eigenvalue weighted by Gasteiger charge is -2.13. The van der Waals surface area contributed by atoms with Crippen molar-refractivity contribution in [2.75, 3.05) is 12.5 Å². The molecular weight excluding hydrogens is 320 g/mol. The SMILES string of the molecule is CCCc1cc(=O)[nH]c(NN=Cc2ccc(OC(C)C)c(OC)c2)n1. The summed E-state index contributed by atoms with van der Waals surface area (Å²) in [6.07, 6.45) is 3.35. The first-order chi connectivity index (χ1) is 12.0. The van der Waals surface area contributed by atoms with E-state index in [-0.39, 0.29) is 11.7 Å². The molecule has 0 unspecified atom stereocenters. The summed E-state index contributed by atoms with van der Waals surface area (Å²) in [5, 5.41) is 4.12. The van der Waals surface area contributed by atoms with E-state index in [2.05, 4.69) is 20.5 Å². The number of hydrazone groups is 1. The zero-order valence-electron chi connectivity index (χ0n) is 15.0. The molecule has 0 saturated heterocycles. The first-order valence-electron chi connectivity index (χ1n) is 8.25. The zero-order chi connectivity index (χ0) is 18.2. The fourth-order valence-electron chi connectivity index (χ4n) is 2.23. The van der Waals surface area contributed by atoms with Gasteiger partial charge in [0.15, 0.2) is 11.5 Å². The average molecular weight is 344 g/mol. The van der Waals surface area contributed by atoms with E-state index < -0.39 is 0 Å². The molecule has 7 nitrogen and oxygen atoms in total. The number of hydrogen-bond acceptors (Lipinski definition) is 6. The molecule has 2 N–H and O–H groups in total. The molecule has 2 aromatic rings. The second-order valence-corrected chi connectivity index (χ2v) is 5.78. The van der Waals surface area contributed by atoms with Gasteiger partial charge in [0.2, 0.25) is 5.95 Å². The molecule has 25 heavy (non-hydrogen) atoms. The molecule has 0 aliphatic rings. The Balaban J connectivity index is 2.10. The van der Waals surface area contributed by atoms with Crippen LogP contribution in [0.1, 0.15) is 38.4 Å².